The first-order valence-electron chi connectivity index (χ1n) is 11.7. The molecule has 1 unspecified atom stereocenters. The quantitative estimate of drug-likeness (QED) is 0.235. The number of anilines is 2. The van der Waals surface area contributed by atoms with Gasteiger partial charge in [-0.25, -0.2) is 0 Å². The minimum atomic E-state index is -0.875. The van der Waals surface area contributed by atoms with E-state index in [0.29, 0.717) is 39.8 Å². The van der Waals surface area contributed by atoms with Crippen LogP contribution >= 0.6 is 35.1 Å². The topological polar surface area (TPSA) is 85.2 Å². The Morgan fingerprint density at radius 3 is 2.49 bits per heavy atom. The van der Waals surface area contributed by atoms with Gasteiger partial charge in [0.15, 0.2) is 0 Å². The van der Waals surface area contributed by atoms with E-state index in [9.17, 15) is 14.8 Å². The third-order valence-corrected chi connectivity index (χ3v) is 8.21. The second kappa shape index (κ2) is 12.9. The summed E-state index contributed by atoms with van der Waals surface area (Å²) in [5.41, 5.74) is 1.91. The molecule has 3 rings (SSSR count). The Morgan fingerprint density at radius 1 is 1.20 bits per heavy atom. The maximum absolute atomic E-state index is 12.2. The number of nitrogens with one attached hydrogen (secondary N) is 1. The number of para-hydroxylation sites is 2. The molecule has 0 bridgehead atoms. The standard InChI is InChI=1S/C25H32Cl2N4O3S/c1-30-15-12-25(13-16-30,35-29-34)17-31(2)14-6-8-19(24(32)33)18-7-3-4-11-22(18)28-23-20(26)9-5-10-21(23)27/h3-5,7,9-11,19,28H,6,8,12-17H2,1-2H3,(H,32,33). The van der Waals surface area contributed by atoms with Crippen LogP contribution in [0.15, 0.2) is 47.0 Å². The molecule has 2 aromatic rings. The Kier molecular flexibility index (Phi) is 10.2. The average molecular weight is 540 g/mol. The van der Waals surface area contributed by atoms with Crippen LogP contribution in [-0.4, -0.2) is 65.9 Å². The summed E-state index contributed by atoms with van der Waals surface area (Å²) in [4.78, 5) is 27.8. The number of carboxylic acid groups (broad SMARTS) is 1. The molecule has 1 aliphatic heterocycles. The summed E-state index contributed by atoms with van der Waals surface area (Å²) in [5, 5.41) is 14.2. The molecule has 1 fully saturated rings. The molecule has 7 nitrogen and oxygen atoms in total. The lowest BCUT2D eigenvalue weighted by Crippen LogP contribution is -2.47. The highest BCUT2D eigenvalue weighted by Crippen LogP contribution is 2.38. The van der Waals surface area contributed by atoms with Crippen LogP contribution in [0.4, 0.5) is 11.4 Å². The summed E-state index contributed by atoms with van der Waals surface area (Å²) in [6, 6.07) is 12.6. The van der Waals surface area contributed by atoms with E-state index in [1.54, 1.807) is 18.2 Å². The zero-order chi connectivity index (χ0) is 25.4. The van der Waals surface area contributed by atoms with Crippen molar-refractivity contribution in [1.29, 1.82) is 0 Å². The highest BCUT2D eigenvalue weighted by atomic mass is 35.5. The van der Waals surface area contributed by atoms with Gasteiger partial charge in [-0.15, -0.1) is 4.91 Å². The second-order valence-electron chi connectivity index (χ2n) is 9.23. The van der Waals surface area contributed by atoms with Crippen LogP contribution < -0.4 is 5.32 Å². The van der Waals surface area contributed by atoms with E-state index in [4.69, 9.17) is 23.2 Å². The average Bonchev–Trinajstić information content (AvgIpc) is 2.82. The summed E-state index contributed by atoms with van der Waals surface area (Å²) in [5.74, 6) is -1.56. The molecule has 10 heteroatoms. The van der Waals surface area contributed by atoms with Gasteiger partial charge in [0.05, 0.1) is 26.4 Å². The number of piperidine rings is 1. The molecular formula is C25H32Cl2N4O3S. The van der Waals surface area contributed by atoms with E-state index in [2.05, 4.69) is 26.7 Å². The molecular weight excluding hydrogens is 507 g/mol. The van der Waals surface area contributed by atoms with Gasteiger partial charge in [0, 0.05) is 28.8 Å². The van der Waals surface area contributed by atoms with Crippen molar-refractivity contribution in [2.75, 3.05) is 45.6 Å². The van der Waals surface area contributed by atoms with Crippen molar-refractivity contribution in [2.45, 2.75) is 36.3 Å². The van der Waals surface area contributed by atoms with Gasteiger partial charge in [-0.05, 0) is 83.2 Å². The number of carboxylic acids is 1. The van der Waals surface area contributed by atoms with E-state index < -0.39 is 11.9 Å². The first-order chi connectivity index (χ1) is 16.7. The van der Waals surface area contributed by atoms with Crippen molar-refractivity contribution in [2.24, 2.45) is 4.58 Å². The summed E-state index contributed by atoms with van der Waals surface area (Å²) >= 11 is 13.8. The Labute approximate surface area is 221 Å². The maximum atomic E-state index is 12.2. The Morgan fingerprint density at radius 2 is 1.86 bits per heavy atom. The zero-order valence-corrected chi connectivity index (χ0v) is 22.4. The van der Waals surface area contributed by atoms with Crippen LogP contribution in [0.25, 0.3) is 0 Å². The van der Waals surface area contributed by atoms with E-state index in [1.807, 2.05) is 31.3 Å². The van der Waals surface area contributed by atoms with E-state index >= 15 is 0 Å². The fourth-order valence-electron chi connectivity index (χ4n) is 4.60. The van der Waals surface area contributed by atoms with E-state index in [-0.39, 0.29) is 4.75 Å². The van der Waals surface area contributed by atoms with Crippen LogP contribution in [0.3, 0.4) is 0 Å². The molecule has 0 aliphatic carbocycles. The first kappa shape index (κ1) is 27.7. The molecule has 0 spiro atoms. The molecule has 0 radical (unpaired) electrons. The summed E-state index contributed by atoms with van der Waals surface area (Å²) < 4.78 is 2.97. The Bertz CT molecular complexity index is 998. The van der Waals surface area contributed by atoms with Gasteiger partial charge in [0.1, 0.15) is 0 Å². The van der Waals surface area contributed by atoms with Gasteiger partial charge >= 0.3 is 5.97 Å². The molecule has 1 heterocycles. The third kappa shape index (κ3) is 7.57. The molecule has 1 saturated heterocycles. The molecule has 0 amide bonds. The smallest absolute Gasteiger partial charge is 0.311 e. The molecule has 190 valence electrons. The van der Waals surface area contributed by atoms with Gasteiger partial charge in [0.25, 0.3) is 0 Å². The highest BCUT2D eigenvalue weighted by molar-refractivity contribution is 7.99. The number of carbonyl (C=O) groups is 1. The number of aliphatic carboxylic acids is 1. The molecule has 2 aromatic carbocycles. The number of halogens is 2. The highest BCUT2D eigenvalue weighted by Gasteiger charge is 2.36. The fraction of sp³-hybridized carbons (Fsp3) is 0.480. The van der Waals surface area contributed by atoms with Gasteiger partial charge in [-0.3, -0.25) is 4.79 Å². The lowest BCUT2D eigenvalue weighted by Gasteiger charge is -2.40. The Balaban J connectivity index is 1.66. The summed E-state index contributed by atoms with van der Waals surface area (Å²) in [7, 11) is 4.11. The second-order valence-corrected chi connectivity index (χ2v) is 11.2. The number of rotatable bonds is 12. The summed E-state index contributed by atoms with van der Waals surface area (Å²) in [6.07, 6.45) is 2.99. The van der Waals surface area contributed by atoms with Crippen molar-refractivity contribution in [3.63, 3.8) is 0 Å². The monoisotopic (exact) mass is 538 g/mol. The molecule has 2 N–H and O–H groups in total. The van der Waals surface area contributed by atoms with Crippen LogP contribution in [0.2, 0.25) is 10.0 Å². The molecule has 0 saturated carbocycles. The van der Waals surface area contributed by atoms with Crippen LogP contribution in [0.1, 0.15) is 37.2 Å². The van der Waals surface area contributed by atoms with Crippen LogP contribution in [0.5, 0.6) is 0 Å². The van der Waals surface area contributed by atoms with Gasteiger partial charge in [-0.2, -0.15) is 0 Å². The Hall–Kier alpha value is -1.84. The minimum absolute atomic E-state index is 0.181. The number of hydrogen-bond acceptors (Lipinski definition) is 7. The van der Waals surface area contributed by atoms with Crippen molar-refractivity contribution >= 4 is 52.5 Å². The van der Waals surface area contributed by atoms with Gasteiger partial charge in [-0.1, -0.05) is 47.5 Å². The van der Waals surface area contributed by atoms with Crippen molar-refractivity contribution in [1.82, 2.24) is 9.80 Å². The molecule has 1 atom stereocenters. The number of benzene rings is 2. The largest absolute Gasteiger partial charge is 0.481 e. The van der Waals surface area contributed by atoms with Gasteiger partial charge < -0.3 is 20.2 Å². The fourth-order valence-corrected chi connectivity index (χ4v) is 5.89. The number of nitrogens with zero attached hydrogens (tertiary/aromatic N) is 3. The number of nitroso groups, excluding NO2 is 1. The first-order valence-corrected chi connectivity index (χ1v) is 13.2. The van der Waals surface area contributed by atoms with Crippen LogP contribution in [-0.2, 0) is 4.79 Å². The normalized spacial score (nSPS) is 16.7. The van der Waals surface area contributed by atoms with E-state index in [1.165, 1.54) is 0 Å². The predicted octanol–water partition coefficient (Wildman–Crippen LogP) is 6.50. The minimum Gasteiger partial charge on any atom is -0.481 e. The lowest BCUT2D eigenvalue weighted by atomic mass is 9.92. The predicted molar refractivity (Wildman–Crippen MR) is 146 cm³/mol. The van der Waals surface area contributed by atoms with Crippen molar-refractivity contribution in [3.05, 3.63) is 63.0 Å². The van der Waals surface area contributed by atoms with Crippen molar-refractivity contribution in [3.8, 4) is 0 Å². The van der Waals surface area contributed by atoms with Crippen molar-refractivity contribution < 1.29 is 9.90 Å². The lowest BCUT2D eigenvalue weighted by molar-refractivity contribution is -0.139. The SMILES string of the molecule is CN1CCC(CN(C)CCCC(C(=O)O)c2ccccc2Nc2c(Cl)cccc2Cl)(SN=O)CC1. The van der Waals surface area contributed by atoms with E-state index in [0.717, 1.165) is 51.0 Å². The number of hydrogen-bond donors (Lipinski definition) is 2. The zero-order valence-electron chi connectivity index (χ0n) is 20.0. The third-order valence-electron chi connectivity index (χ3n) is 6.58. The van der Waals surface area contributed by atoms with Gasteiger partial charge in [0.2, 0.25) is 0 Å². The molecule has 0 aromatic heterocycles. The van der Waals surface area contributed by atoms with Crippen LogP contribution in [0, 0.1) is 4.91 Å². The maximum Gasteiger partial charge on any atom is 0.311 e. The number of likely N-dealkylation sites (tertiary alicyclic amines) is 1. The summed E-state index contributed by atoms with van der Waals surface area (Å²) in [6.45, 7) is 3.36. The molecule has 35 heavy (non-hydrogen) atoms. The molecule has 1 aliphatic rings.